The van der Waals surface area contributed by atoms with Crippen molar-refractivity contribution in [3.05, 3.63) is 29.3 Å². The topological polar surface area (TPSA) is 57.7 Å². The molecule has 0 saturated heterocycles. The Morgan fingerprint density at radius 1 is 1.00 bits per heavy atom. The number of para-hydroxylation sites is 1. The van der Waals surface area contributed by atoms with Crippen LogP contribution in [-0.4, -0.2) is 45.1 Å². The molecule has 0 fully saturated rings. The lowest BCUT2D eigenvalue weighted by atomic mass is 10.0. The number of rotatable bonds is 8. The highest BCUT2D eigenvalue weighted by atomic mass is 32.2. The van der Waals surface area contributed by atoms with Gasteiger partial charge in [-0.15, -0.1) is 0 Å². The van der Waals surface area contributed by atoms with Gasteiger partial charge in [0.05, 0.1) is 11.9 Å². The number of carbonyl (C=O) groups is 1. The highest BCUT2D eigenvalue weighted by Gasteiger charge is 2.26. The summed E-state index contributed by atoms with van der Waals surface area (Å²) in [4.78, 5) is 14.1. The molecule has 0 aromatic heterocycles. The first-order valence-corrected chi connectivity index (χ1v) is 10.0. The molecule has 0 heterocycles. The second-order valence-electron chi connectivity index (χ2n) is 5.47. The fourth-order valence-electron chi connectivity index (χ4n) is 2.70. The summed E-state index contributed by atoms with van der Waals surface area (Å²) in [5.74, 6) is -0.173. The van der Waals surface area contributed by atoms with Crippen LogP contribution in [0.4, 0.5) is 5.69 Å². The molecule has 0 N–H and O–H groups in total. The molecule has 0 aliphatic rings. The van der Waals surface area contributed by atoms with E-state index in [4.69, 9.17) is 0 Å². The third-order valence-electron chi connectivity index (χ3n) is 4.01. The number of nitrogens with zero attached hydrogens (tertiary/aromatic N) is 2. The van der Waals surface area contributed by atoms with Gasteiger partial charge in [0, 0.05) is 13.1 Å². The summed E-state index contributed by atoms with van der Waals surface area (Å²) in [6.45, 7) is 8.76. The summed E-state index contributed by atoms with van der Waals surface area (Å²) in [6.07, 6.45) is 2.59. The van der Waals surface area contributed by atoms with E-state index >= 15 is 0 Å². The molecule has 0 atom stereocenters. The summed E-state index contributed by atoms with van der Waals surface area (Å²) in [5.41, 5.74) is 2.56. The van der Waals surface area contributed by atoms with Crippen molar-refractivity contribution in [2.24, 2.45) is 0 Å². The Hall–Kier alpha value is -1.56. The third kappa shape index (κ3) is 4.70. The summed E-state index contributed by atoms with van der Waals surface area (Å²) in [6, 6.07) is 5.79. The van der Waals surface area contributed by atoms with Gasteiger partial charge in [0.1, 0.15) is 6.54 Å². The molecule has 23 heavy (non-hydrogen) atoms. The normalized spacial score (nSPS) is 11.3. The maximum Gasteiger partial charge on any atom is 0.243 e. The largest absolute Gasteiger partial charge is 0.342 e. The van der Waals surface area contributed by atoms with Crippen LogP contribution < -0.4 is 4.31 Å². The number of hydrogen-bond donors (Lipinski definition) is 0. The average molecular weight is 340 g/mol. The number of aryl methyl sites for hydroxylation is 2. The predicted octanol–water partition coefficient (Wildman–Crippen LogP) is 2.45. The van der Waals surface area contributed by atoms with Gasteiger partial charge in [0.2, 0.25) is 15.9 Å². The number of sulfonamides is 1. The van der Waals surface area contributed by atoms with Gasteiger partial charge in [-0.05, 0) is 37.8 Å². The van der Waals surface area contributed by atoms with E-state index in [1.165, 1.54) is 4.31 Å². The molecule has 1 rings (SSSR count). The summed E-state index contributed by atoms with van der Waals surface area (Å²) in [7, 11) is -3.54. The van der Waals surface area contributed by atoms with Gasteiger partial charge < -0.3 is 4.90 Å². The van der Waals surface area contributed by atoms with Crippen molar-refractivity contribution in [1.29, 1.82) is 0 Å². The molecule has 130 valence electrons. The Morgan fingerprint density at radius 2 is 1.48 bits per heavy atom. The van der Waals surface area contributed by atoms with Gasteiger partial charge in [-0.1, -0.05) is 32.0 Å². The Kier molecular flexibility index (Phi) is 7.06. The smallest absolute Gasteiger partial charge is 0.243 e. The van der Waals surface area contributed by atoms with E-state index in [9.17, 15) is 13.2 Å². The molecule has 0 saturated carbocycles. The van der Waals surface area contributed by atoms with Crippen molar-refractivity contribution in [3.8, 4) is 0 Å². The molecule has 0 radical (unpaired) electrons. The van der Waals surface area contributed by atoms with Crippen LogP contribution in [0, 0.1) is 0 Å². The first kappa shape index (κ1) is 19.5. The molecule has 1 amide bonds. The minimum atomic E-state index is -3.54. The standard InChI is InChI=1S/C17H28N2O3S/c1-6-14-11-10-12-15(7-2)17(14)19(23(5,21)22)13-16(20)18(8-3)9-4/h10-12H,6-9,13H2,1-5H3. The summed E-state index contributed by atoms with van der Waals surface area (Å²) in [5, 5.41) is 0. The van der Waals surface area contributed by atoms with E-state index in [0.29, 0.717) is 31.6 Å². The lowest BCUT2D eigenvalue weighted by Crippen LogP contribution is -2.43. The van der Waals surface area contributed by atoms with E-state index in [2.05, 4.69) is 0 Å². The predicted molar refractivity (Wildman–Crippen MR) is 95.3 cm³/mol. The maximum atomic E-state index is 12.5. The van der Waals surface area contributed by atoms with Crippen LogP contribution >= 0.6 is 0 Å². The highest BCUT2D eigenvalue weighted by Crippen LogP contribution is 2.29. The maximum absolute atomic E-state index is 12.5. The fraction of sp³-hybridized carbons (Fsp3) is 0.588. The molecule has 0 aliphatic heterocycles. The minimum absolute atomic E-state index is 0.148. The second kappa shape index (κ2) is 8.34. The van der Waals surface area contributed by atoms with Crippen molar-refractivity contribution >= 4 is 21.6 Å². The Balaban J connectivity index is 3.37. The molecule has 6 heteroatoms. The van der Waals surface area contributed by atoms with Gasteiger partial charge in [0.15, 0.2) is 0 Å². The van der Waals surface area contributed by atoms with E-state index in [-0.39, 0.29) is 12.5 Å². The molecular formula is C17H28N2O3S. The van der Waals surface area contributed by atoms with Crippen molar-refractivity contribution in [2.75, 3.05) is 30.2 Å². The van der Waals surface area contributed by atoms with Crippen molar-refractivity contribution in [1.82, 2.24) is 4.90 Å². The lowest BCUT2D eigenvalue weighted by molar-refractivity contribution is -0.129. The summed E-state index contributed by atoms with van der Waals surface area (Å²) >= 11 is 0. The molecule has 0 spiro atoms. The lowest BCUT2D eigenvalue weighted by Gasteiger charge is -2.29. The number of benzene rings is 1. The van der Waals surface area contributed by atoms with Crippen LogP contribution in [0.3, 0.4) is 0 Å². The molecule has 0 bridgehead atoms. The van der Waals surface area contributed by atoms with Crippen LogP contribution in [-0.2, 0) is 27.7 Å². The van der Waals surface area contributed by atoms with Gasteiger partial charge >= 0.3 is 0 Å². The van der Waals surface area contributed by atoms with Crippen LogP contribution in [0.15, 0.2) is 18.2 Å². The van der Waals surface area contributed by atoms with Gasteiger partial charge in [-0.3, -0.25) is 9.10 Å². The van der Waals surface area contributed by atoms with Crippen molar-refractivity contribution < 1.29 is 13.2 Å². The molecular weight excluding hydrogens is 312 g/mol. The van der Waals surface area contributed by atoms with Crippen molar-refractivity contribution in [2.45, 2.75) is 40.5 Å². The van der Waals surface area contributed by atoms with Gasteiger partial charge in [-0.25, -0.2) is 8.42 Å². The van der Waals surface area contributed by atoms with Crippen LogP contribution in [0.25, 0.3) is 0 Å². The SMILES string of the molecule is CCc1cccc(CC)c1N(CC(=O)N(CC)CC)S(C)(=O)=O. The van der Waals surface area contributed by atoms with E-state index < -0.39 is 10.0 Å². The number of likely N-dealkylation sites (N-methyl/N-ethyl adjacent to an activating group) is 1. The van der Waals surface area contributed by atoms with E-state index in [1.807, 2.05) is 45.9 Å². The monoisotopic (exact) mass is 340 g/mol. The fourth-order valence-corrected chi connectivity index (χ4v) is 3.61. The Bertz CT molecular complexity index is 615. The second-order valence-corrected chi connectivity index (χ2v) is 7.37. The first-order chi connectivity index (χ1) is 10.8. The van der Waals surface area contributed by atoms with E-state index in [0.717, 1.165) is 17.4 Å². The first-order valence-electron chi connectivity index (χ1n) is 8.16. The number of carbonyl (C=O) groups excluding carboxylic acids is 1. The highest BCUT2D eigenvalue weighted by molar-refractivity contribution is 7.92. The quantitative estimate of drug-likeness (QED) is 0.730. The Labute approximate surface area is 140 Å². The number of anilines is 1. The minimum Gasteiger partial charge on any atom is -0.342 e. The third-order valence-corrected chi connectivity index (χ3v) is 5.12. The molecule has 0 aliphatic carbocycles. The summed E-state index contributed by atoms with van der Waals surface area (Å²) < 4.78 is 26.0. The molecule has 1 aromatic carbocycles. The zero-order valence-corrected chi connectivity index (χ0v) is 15.6. The van der Waals surface area contributed by atoms with Crippen LogP contribution in [0.2, 0.25) is 0 Å². The zero-order valence-electron chi connectivity index (χ0n) is 14.8. The number of amides is 1. The van der Waals surface area contributed by atoms with Crippen molar-refractivity contribution in [3.63, 3.8) is 0 Å². The van der Waals surface area contributed by atoms with Gasteiger partial charge in [-0.2, -0.15) is 0 Å². The average Bonchev–Trinajstić information content (AvgIpc) is 2.51. The van der Waals surface area contributed by atoms with Gasteiger partial charge in [0.25, 0.3) is 0 Å². The molecule has 5 nitrogen and oxygen atoms in total. The van der Waals surface area contributed by atoms with E-state index in [1.54, 1.807) is 4.90 Å². The molecule has 0 unspecified atom stereocenters. The Morgan fingerprint density at radius 3 is 1.83 bits per heavy atom. The molecule has 1 aromatic rings. The number of hydrogen-bond acceptors (Lipinski definition) is 3. The van der Waals surface area contributed by atoms with Crippen LogP contribution in [0.1, 0.15) is 38.8 Å². The zero-order chi connectivity index (χ0) is 17.6. The van der Waals surface area contributed by atoms with Crippen LogP contribution in [0.5, 0.6) is 0 Å².